The first-order valence-corrected chi connectivity index (χ1v) is 5.21. The molecule has 1 aliphatic rings. The molecule has 5 heteroatoms. The van der Waals surface area contributed by atoms with Gasteiger partial charge in [-0.2, -0.15) is 0 Å². The van der Waals surface area contributed by atoms with Crippen LogP contribution in [0.15, 0.2) is 0 Å². The first kappa shape index (κ1) is 11.4. The molecule has 1 rings (SSSR count). The van der Waals surface area contributed by atoms with Crippen molar-refractivity contribution < 1.29 is 4.74 Å². The van der Waals surface area contributed by atoms with Crippen molar-refractivity contribution in [1.82, 2.24) is 0 Å². The minimum atomic E-state index is -1.74. The minimum absolute atomic E-state index is 0.297. The van der Waals surface area contributed by atoms with Gasteiger partial charge >= 0.3 is 0 Å². The lowest BCUT2D eigenvalue weighted by atomic mass is 10.0. The quantitative estimate of drug-likeness (QED) is 0.450. The SMILES string of the molecule is CC(C)(OC(=N)C(Cl)(Cl)Cl)C1CC1. The van der Waals surface area contributed by atoms with E-state index in [4.69, 9.17) is 44.9 Å². The molecule has 0 heterocycles. The van der Waals surface area contributed by atoms with E-state index in [1.165, 1.54) is 0 Å². The molecule has 1 fully saturated rings. The molecule has 0 amide bonds. The van der Waals surface area contributed by atoms with Crippen LogP contribution in [0.5, 0.6) is 0 Å². The number of nitrogens with one attached hydrogen (secondary N) is 1. The summed E-state index contributed by atoms with van der Waals surface area (Å²) in [6.07, 6.45) is 2.25. The van der Waals surface area contributed by atoms with Crippen LogP contribution in [-0.4, -0.2) is 15.3 Å². The average molecular weight is 245 g/mol. The summed E-state index contributed by atoms with van der Waals surface area (Å²) in [6.45, 7) is 3.82. The Morgan fingerprint density at radius 3 is 2.08 bits per heavy atom. The molecule has 0 saturated heterocycles. The zero-order valence-corrected chi connectivity index (χ0v) is 9.80. The van der Waals surface area contributed by atoms with Crippen LogP contribution >= 0.6 is 34.8 Å². The van der Waals surface area contributed by atoms with Gasteiger partial charge in [0.1, 0.15) is 5.60 Å². The third-order valence-corrected chi connectivity index (χ3v) is 2.70. The van der Waals surface area contributed by atoms with Crippen LogP contribution in [-0.2, 0) is 4.74 Å². The van der Waals surface area contributed by atoms with E-state index in [0.717, 1.165) is 12.8 Å². The van der Waals surface area contributed by atoms with Crippen molar-refractivity contribution in [2.45, 2.75) is 36.1 Å². The smallest absolute Gasteiger partial charge is 0.265 e. The van der Waals surface area contributed by atoms with Gasteiger partial charge in [-0.3, -0.25) is 5.41 Å². The molecular weight excluding hydrogens is 232 g/mol. The number of rotatable bonds is 2. The van der Waals surface area contributed by atoms with Crippen LogP contribution in [0.3, 0.4) is 0 Å². The van der Waals surface area contributed by atoms with Crippen molar-refractivity contribution in [3.63, 3.8) is 0 Å². The van der Waals surface area contributed by atoms with E-state index in [0.29, 0.717) is 5.92 Å². The van der Waals surface area contributed by atoms with Crippen molar-refractivity contribution in [3.05, 3.63) is 0 Å². The molecule has 0 aliphatic heterocycles. The molecule has 13 heavy (non-hydrogen) atoms. The van der Waals surface area contributed by atoms with Gasteiger partial charge in [0.05, 0.1) is 0 Å². The topological polar surface area (TPSA) is 33.1 Å². The van der Waals surface area contributed by atoms with Crippen LogP contribution in [0.2, 0.25) is 0 Å². The van der Waals surface area contributed by atoms with Gasteiger partial charge < -0.3 is 4.74 Å². The Hall–Kier alpha value is 0.340. The summed E-state index contributed by atoms with van der Waals surface area (Å²) < 4.78 is 3.57. The second-order valence-electron chi connectivity index (χ2n) is 3.81. The Bertz CT molecular complexity index is 218. The van der Waals surface area contributed by atoms with Crippen LogP contribution < -0.4 is 0 Å². The van der Waals surface area contributed by atoms with Crippen molar-refractivity contribution in [3.8, 4) is 0 Å². The maximum Gasteiger partial charge on any atom is 0.265 e. The first-order valence-electron chi connectivity index (χ1n) is 4.08. The molecule has 1 saturated carbocycles. The van der Waals surface area contributed by atoms with Gasteiger partial charge in [-0.05, 0) is 32.6 Å². The third kappa shape index (κ3) is 3.19. The Kier molecular flexibility index (Phi) is 3.06. The molecule has 0 aromatic rings. The molecule has 1 aliphatic carbocycles. The molecule has 0 aromatic heterocycles. The first-order chi connectivity index (χ1) is 5.73. The normalized spacial score (nSPS) is 18.5. The standard InChI is InChI=1S/C8H12Cl3NO/c1-7(2,5-3-4-5)13-6(12)8(9,10)11/h5,12H,3-4H2,1-2H3. The molecule has 1 N–H and O–H groups in total. The lowest BCUT2D eigenvalue weighted by molar-refractivity contribution is 0.0678. The Morgan fingerprint density at radius 2 is 1.77 bits per heavy atom. The molecule has 0 aromatic carbocycles. The van der Waals surface area contributed by atoms with Gasteiger partial charge in [0.2, 0.25) is 5.90 Å². The summed E-state index contributed by atoms with van der Waals surface area (Å²) in [6, 6.07) is 0. The summed E-state index contributed by atoms with van der Waals surface area (Å²) >= 11 is 16.5. The highest BCUT2D eigenvalue weighted by Gasteiger charge is 2.43. The predicted octanol–water partition coefficient (Wildman–Crippen LogP) is 3.54. The van der Waals surface area contributed by atoms with Gasteiger partial charge in [-0.1, -0.05) is 34.8 Å². The van der Waals surface area contributed by atoms with Gasteiger partial charge in [0.15, 0.2) is 0 Å². The number of hydrogen-bond acceptors (Lipinski definition) is 2. The molecule has 76 valence electrons. The highest BCUT2D eigenvalue weighted by atomic mass is 35.6. The molecule has 0 unspecified atom stereocenters. The van der Waals surface area contributed by atoms with Crippen molar-refractivity contribution in [2.75, 3.05) is 0 Å². The minimum Gasteiger partial charge on any atom is -0.472 e. The Balaban J connectivity index is 2.52. The number of halogens is 3. The summed E-state index contributed by atoms with van der Waals surface area (Å²) in [5.74, 6) is 0.189. The second kappa shape index (κ2) is 3.48. The maximum absolute atomic E-state index is 7.40. The fourth-order valence-corrected chi connectivity index (χ4v) is 1.30. The van der Waals surface area contributed by atoms with E-state index < -0.39 is 3.79 Å². The zero-order chi connectivity index (χ0) is 10.3. The van der Waals surface area contributed by atoms with E-state index in [1.807, 2.05) is 13.8 Å². The molecule has 0 radical (unpaired) electrons. The van der Waals surface area contributed by atoms with Crippen LogP contribution in [0.1, 0.15) is 26.7 Å². The summed E-state index contributed by atoms with van der Waals surface area (Å²) in [7, 11) is 0. The fraction of sp³-hybridized carbons (Fsp3) is 0.875. The van der Waals surface area contributed by atoms with Crippen LogP contribution in [0, 0.1) is 11.3 Å². The summed E-state index contributed by atoms with van der Waals surface area (Å²) in [4.78, 5) is 0. The molecule has 2 nitrogen and oxygen atoms in total. The van der Waals surface area contributed by atoms with E-state index in [2.05, 4.69) is 0 Å². The second-order valence-corrected chi connectivity index (χ2v) is 6.09. The Labute approximate surface area is 93.0 Å². The number of alkyl halides is 3. The fourth-order valence-electron chi connectivity index (χ4n) is 1.18. The van der Waals surface area contributed by atoms with E-state index in [1.54, 1.807) is 0 Å². The van der Waals surface area contributed by atoms with Gasteiger partial charge in [-0.15, -0.1) is 0 Å². The number of hydrogen-bond donors (Lipinski definition) is 1. The maximum atomic E-state index is 7.40. The van der Waals surface area contributed by atoms with Gasteiger partial charge in [0, 0.05) is 0 Å². The molecule has 0 spiro atoms. The molecular formula is C8H12Cl3NO. The lowest BCUT2D eigenvalue weighted by Crippen LogP contribution is -2.35. The third-order valence-electron chi connectivity index (χ3n) is 2.18. The number of ether oxygens (including phenoxy) is 1. The van der Waals surface area contributed by atoms with Gasteiger partial charge in [-0.25, -0.2) is 0 Å². The van der Waals surface area contributed by atoms with E-state index in [9.17, 15) is 0 Å². The highest BCUT2D eigenvalue weighted by molar-refractivity contribution is 6.76. The van der Waals surface area contributed by atoms with E-state index in [-0.39, 0.29) is 11.5 Å². The molecule has 0 atom stereocenters. The summed E-state index contributed by atoms with van der Waals surface area (Å²) in [5.41, 5.74) is -0.388. The average Bonchev–Trinajstić information content (AvgIpc) is 2.62. The zero-order valence-electron chi connectivity index (χ0n) is 7.53. The monoisotopic (exact) mass is 243 g/mol. The molecule has 0 bridgehead atoms. The summed E-state index contributed by atoms with van der Waals surface area (Å²) in [5, 5.41) is 7.40. The van der Waals surface area contributed by atoms with Crippen LogP contribution in [0.25, 0.3) is 0 Å². The van der Waals surface area contributed by atoms with Crippen molar-refractivity contribution in [2.24, 2.45) is 5.92 Å². The van der Waals surface area contributed by atoms with Crippen molar-refractivity contribution >= 4 is 40.7 Å². The van der Waals surface area contributed by atoms with Gasteiger partial charge in [0.25, 0.3) is 3.79 Å². The Morgan fingerprint density at radius 1 is 1.31 bits per heavy atom. The van der Waals surface area contributed by atoms with E-state index >= 15 is 0 Å². The highest BCUT2D eigenvalue weighted by Crippen LogP contribution is 2.43. The van der Waals surface area contributed by atoms with Crippen molar-refractivity contribution in [1.29, 1.82) is 5.41 Å². The predicted molar refractivity (Wildman–Crippen MR) is 55.9 cm³/mol. The largest absolute Gasteiger partial charge is 0.472 e. The lowest BCUT2D eigenvalue weighted by Gasteiger charge is -2.28. The van der Waals surface area contributed by atoms with Crippen LogP contribution in [0.4, 0.5) is 0 Å².